The van der Waals surface area contributed by atoms with Crippen molar-refractivity contribution in [3.63, 3.8) is 0 Å². The molecule has 3 atom stereocenters. The van der Waals surface area contributed by atoms with Crippen LogP contribution in [0, 0.1) is 0 Å². The molecule has 0 spiro atoms. The molecule has 2 aliphatic rings. The first-order valence-corrected chi connectivity index (χ1v) is 11.3. The van der Waals surface area contributed by atoms with Crippen molar-refractivity contribution in [3.8, 4) is 0 Å². The summed E-state index contributed by atoms with van der Waals surface area (Å²) in [6.45, 7) is 12.6. The summed E-state index contributed by atoms with van der Waals surface area (Å²) < 4.78 is 0. The lowest BCUT2D eigenvalue weighted by atomic mass is 10.1. The van der Waals surface area contributed by atoms with Gasteiger partial charge in [0.15, 0.2) is 0 Å². The maximum absolute atomic E-state index is 11.9. The Hall–Kier alpha value is -1.73. The predicted octanol–water partition coefficient (Wildman–Crippen LogP) is 3.50. The molecular weight excluding hydrogens is 403 g/mol. The lowest BCUT2D eigenvalue weighted by Crippen LogP contribution is -2.33. The first-order valence-electron chi connectivity index (χ1n) is 10.7. The van der Waals surface area contributed by atoms with E-state index in [0.29, 0.717) is 19.6 Å². The van der Waals surface area contributed by atoms with Gasteiger partial charge in [-0.05, 0) is 25.3 Å². The summed E-state index contributed by atoms with van der Waals surface area (Å²) >= 11 is 0. The minimum atomic E-state index is 0.0310. The molecule has 2 aliphatic heterocycles. The fourth-order valence-corrected chi connectivity index (χ4v) is 2.85. The van der Waals surface area contributed by atoms with Crippen LogP contribution in [-0.2, 0) is 21.1 Å². The molecule has 3 rings (SSSR count). The second-order valence-electron chi connectivity index (χ2n) is 6.22. The summed E-state index contributed by atoms with van der Waals surface area (Å²) in [4.78, 5) is 33.7. The van der Waals surface area contributed by atoms with Crippen LogP contribution < -0.4 is 10.6 Å². The van der Waals surface area contributed by atoms with E-state index in [1.807, 2.05) is 69.9 Å². The van der Waals surface area contributed by atoms with Gasteiger partial charge in [0.25, 0.3) is 0 Å². The molecule has 3 unspecified atom stereocenters. The van der Waals surface area contributed by atoms with E-state index in [0.717, 1.165) is 31.5 Å². The highest BCUT2D eigenvalue weighted by atomic mass is 31.0. The average Bonchev–Trinajstić information content (AvgIpc) is 3.03. The third-order valence-corrected chi connectivity index (χ3v) is 4.72. The Kier molecular flexibility index (Phi) is 17.0. The minimum Gasteiger partial charge on any atom is -0.321 e. The highest BCUT2D eigenvalue weighted by molar-refractivity contribution is 7.13. The van der Waals surface area contributed by atoms with Crippen molar-refractivity contribution in [2.45, 2.75) is 66.2 Å². The average molecular weight is 443 g/mol. The van der Waals surface area contributed by atoms with Crippen LogP contribution in [0.4, 0.5) is 4.79 Å². The van der Waals surface area contributed by atoms with E-state index in [2.05, 4.69) is 24.8 Å². The number of fused-ring (bicyclic) bond motifs is 2. The van der Waals surface area contributed by atoms with Crippen LogP contribution >= 0.6 is 9.39 Å². The molecular formula is C21H39N4O4P. The highest BCUT2D eigenvalue weighted by Crippen LogP contribution is 2.25. The largest absolute Gasteiger partial charge is 0.344 e. The van der Waals surface area contributed by atoms with E-state index in [9.17, 15) is 9.59 Å². The molecule has 0 aliphatic carbocycles. The zero-order chi connectivity index (χ0) is 22.8. The standard InChI is InChI=1S/C13H16N2O2.C4H11N2O2P.2C2H6/c16-13-14-8-4-7-12(9-14)15(13)17-10-11-5-2-1-3-6-11;1-4(6-9)2-8-5-3-7;2*1-2/h1-3,5-6,12H,4,7-10H2;3-4,6H,2,9H2,1H3,(H,5,7);2*1-2H3. The van der Waals surface area contributed by atoms with E-state index in [4.69, 9.17) is 4.84 Å². The number of urea groups is 1. The normalized spacial score (nSPS) is 17.4. The van der Waals surface area contributed by atoms with Crippen LogP contribution in [0.1, 0.15) is 53.0 Å². The molecule has 1 aromatic carbocycles. The molecule has 2 bridgehead atoms. The Morgan fingerprint density at radius 2 is 1.90 bits per heavy atom. The number of hydrogen-bond donors (Lipinski definition) is 2. The van der Waals surface area contributed by atoms with Gasteiger partial charge in [0.05, 0.1) is 12.6 Å². The summed E-state index contributed by atoms with van der Waals surface area (Å²) in [5.41, 5.74) is 3.18. The Bertz CT molecular complexity index is 565. The molecule has 2 saturated heterocycles. The molecule has 2 heterocycles. The second-order valence-corrected chi connectivity index (χ2v) is 6.56. The minimum absolute atomic E-state index is 0.0310. The lowest BCUT2D eigenvalue weighted by molar-refractivity contribution is -0.140. The van der Waals surface area contributed by atoms with Gasteiger partial charge < -0.3 is 4.90 Å². The van der Waals surface area contributed by atoms with Gasteiger partial charge in [-0.2, -0.15) is 5.06 Å². The summed E-state index contributed by atoms with van der Waals surface area (Å²) in [7, 11) is 2.36. The molecule has 172 valence electrons. The molecule has 2 fully saturated rings. The van der Waals surface area contributed by atoms with Crippen LogP contribution in [-0.4, -0.2) is 54.2 Å². The van der Waals surface area contributed by atoms with Gasteiger partial charge in [0.2, 0.25) is 6.41 Å². The zero-order valence-corrected chi connectivity index (χ0v) is 20.1. The van der Waals surface area contributed by atoms with E-state index < -0.39 is 0 Å². The van der Waals surface area contributed by atoms with E-state index in [1.165, 1.54) is 0 Å². The molecule has 1 aromatic rings. The smallest absolute Gasteiger partial charge is 0.321 e. The van der Waals surface area contributed by atoms with E-state index >= 15 is 0 Å². The fourth-order valence-electron chi connectivity index (χ4n) is 2.75. The SMILES string of the molecule is CC.CC.CC(CONC=O)NP.O=C1N2CCCC(C2)N1OCc1ccccc1. The van der Waals surface area contributed by atoms with E-state index in [1.54, 1.807) is 5.06 Å². The molecule has 3 amide bonds. The summed E-state index contributed by atoms with van der Waals surface area (Å²) in [6.07, 6.45) is 2.63. The number of amides is 3. The quantitative estimate of drug-likeness (QED) is 0.279. The van der Waals surface area contributed by atoms with Gasteiger partial charge in [-0.3, -0.25) is 19.6 Å². The summed E-state index contributed by atoms with van der Waals surface area (Å²) in [5, 5.41) is 4.43. The molecule has 0 radical (unpaired) electrons. The predicted molar refractivity (Wildman–Crippen MR) is 123 cm³/mol. The van der Waals surface area contributed by atoms with Gasteiger partial charge >= 0.3 is 6.03 Å². The number of hydroxylamine groups is 3. The van der Waals surface area contributed by atoms with Crippen molar-refractivity contribution >= 4 is 21.8 Å². The molecule has 8 nitrogen and oxygen atoms in total. The number of carbonyl (C=O) groups excluding carboxylic acids is 2. The van der Waals surface area contributed by atoms with Gasteiger partial charge in [-0.25, -0.2) is 10.3 Å². The Balaban J connectivity index is 0.000000555. The second kappa shape index (κ2) is 18.1. The number of carbonyl (C=O) groups is 2. The third kappa shape index (κ3) is 10.3. The van der Waals surface area contributed by atoms with Gasteiger partial charge in [-0.1, -0.05) is 67.4 Å². The molecule has 30 heavy (non-hydrogen) atoms. The number of benzene rings is 1. The fraction of sp³-hybridized carbons (Fsp3) is 0.619. The van der Waals surface area contributed by atoms with Crippen molar-refractivity contribution < 1.29 is 19.3 Å². The Morgan fingerprint density at radius 1 is 1.23 bits per heavy atom. The third-order valence-electron chi connectivity index (χ3n) is 4.15. The zero-order valence-electron chi connectivity index (χ0n) is 19.0. The highest BCUT2D eigenvalue weighted by Gasteiger charge is 2.40. The number of piperidine rings is 1. The summed E-state index contributed by atoms with van der Waals surface area (Å²) in [6, 6.07) is 10.5. The maximum atomic E-state index is 11.9. The molecule has 2 N–H and O–H groups in total. The topological polar surface area (TPSA) is 83.1 Å². The van der Waals surface area contributed by atoms with Gasteiger partial charge in [0, 0.05) is 19.1 Å². The van der Waals surface area contributed by atoms with E-state index in [-0.39, 0.29) is 18.1 Å². The number of rotatable bonds is 8. The van der Waals surface area contributed by atoms with Crippen LogP contribution in [0.25, 0.3) is 0 Å². The number of nitrogens with zero attached hydrogens (tertiary/aromatic N) is 2. The van der Waals surface area contributed by atoms with Crippen molar-refractivity contribution in [2.75, 3.05) is 19.7 Å². The Morgan fingerprint density at radius 3 is 2.47 bits per heavy atom. The number of hydrogen-bond acceptors (Lipinski definition) is 5. The van der Waals surface area contributed by atoms with Crippen LogP contribution in [0.3, 0.4) is 0 Å². The van der Waals surface area contributed by atoms with Crippen LogP contribution in [0.5, 0.6) is 0 Å². The first kappa shape index (κ1) is 28.3. The molecule has 0 saturated carbocycles. The first-order chi connectivity index (χ1) is 14.7. The van der Waals surface area contributed by atoms with Crippen LogP contribution in [0.2, 0.25) is 0 Å². The molecule has 0 aromatic heterocycles. The summed E-state index contributed by atoms with van der Waals surface area (Å²) in [5.74, 6) is 0. The number of nitrogens with one attached hydrogen (secondary N) is 2. The van der Waals surface area contributed by atoms with Crippen molar-refractivity contribution in [1.29, 1.82) is 0 Å². The monoisotopic (exact) mass is 442 g/mol. The van der Waals surface area contributed by atoms with Crippen molar-refractivity contribution in [1.82, 2.24) is 20.5 Å². The lowest BCUT2D eigenvalue weighted by Gasteiger charge is -2.22. The maximum Gasteiger partial charge on any atom is 0.344 e. The van der Waals surface area contributed by atoms with Gasteiger partial charge in [-0.15, -0.1) is 0 Å². The van der Waals surface area contributed by atoms with Crippen molar-refractivity contribution in [3.05, 3.63) is 35.9 Å². The molecule has 9 heteroatoms. The Labute approximate surface area is 183 Å². The van der Waals surface area contributed by atoms with Crippen molar-refractivity contribution in [2.24, 2.45) is 0 Å². The van der Waals surface area contributed by atoms with Gasteiger partial charge in [0.1, 0.15) is 6.61 Å². The van der Waals surface area contributed by atoms with Crippen LogP contribution in [0.15, 0.2) is 30.3 Å².